The van der Waals surface area contributed by atoms with Crippen molar-refractivity contribution >= 4 is 29.5 Å². The monoisotopic (exact) mass is 1200 g/mol. The Kier molecular flexibility index (Phi) is 15.2. The molecule has 480 valence electrons. The number of fused-ring (bicyclic) bond motifs is 10. The van der Waals surface area contributed by atoms with Gasteiger partial charge in [0.2, 0.25) is 0 Å². The molecular weight excluding hydrogens is 1100 g/mol. The van der Waals surface area contributed by atoms with Crippen LogP contribution < -0.4 is 0 Å². The lowest BCUT2D eigenvalue weighted by molar-refractivity contribution is -0.190. The number of carbonyl (C=O) groups excluding carboxylic acids is 5. The lowest BCUT2D eigenvalue weighted by Gasteiger charge is -2.56. The first-order valence-electron chi connectivity index (χ1n) is 34.9. The maximum absolute atomic E-state index is 14.0. The fourth-order valence-electron chi connectivity index (χ4n) is 24.8. The normalized spacial score (nSPS) is 48.0. The second-order valence-electron chi connectivity index (χ2n) is 34.2. The van der Waals surface area contributed by atoms with Crippen molar-refractivity contribution in [2.45, 2.75) is 263 Å². The predicted molar refractivity (Wildman–Crippen MR) is 328 cm³/mol. The third kappa shape index (κ3) is 9.56. The van der Waals surface area contributed by atoms with Crippen LogP contribution in [-0.4, -0.2) is 102 Å². The minimum atomic E-state index is -1.81. The van der Waals surface area contributed by atoms with Gasteiger partial charge >= 0.3 is 17.9 Å². The van der Waals surface area contributed by atoms with Crippen LogP contribution >= 0.6 is 0 Å². The zero-order valence-corrected chi connectivity index (χ0v) is 54.2. The molecule has 13 nitrogen and oxygen atoms in total. The number of carbonyl (C=O) groups is 5. The molecule has 5 N–H and O–H groups in total. The molecule has 0 aromatic rings. The number of Topliss-reactive ketones (excluding diaryl/α,β-unsaturated/α-hetero) is 2. The summed E-state index contributed by atoms with van der Waals surface area (Å²) in [6, 6.07) is 0. The SMILES string of the molecule is CC1=C[C@H]2[C@@]3(O)[C@H](C)C[C@]4(OC(=O)CC56CC7CC(CC(C7)C5)C6)[C@H]([C@@H]3C=C(CO)C[C@]2(O)C1=O)C4(C)C.CCCCCCCCCC(=O)OCC1=C[C@H]2[C@@H]3C(C)(C)[C@]3(OC(=O)CC34CC5CC(CC(C5)C3)C4)C[C@@H](C)[C@]2(O)[C@@H]2C=C(C)C(=O)[C@@]2(O)C1. The molecule has 0 spiro atoms. The number of aliphatic hydroxyl groups excluding tert-OH is 1. The van der Waals surface area contributed by atoms with Crippen LogP contribution in [0.15, 0.2) is 46.6 Å². The maximum Gasteiger partial charge on any atom is 0.306 e. The summed E-state index contributed by atoms with van der Waals surface area (Å²) in [5, 5.41) is 59.4. The van der Waals surface area contributed by atoms with E-state index in [0.717, 1.165) is 93.3 Å². The van der Waals surface area contributed by atoms with Gasteiger partial charge in [0.1, 0.15) is 29.0 Å². The molecule has 12 fully saturated rings. The van der Waals surface area contributed by atoms with E-state index in [9.17, 15) is 49.5 Å². The second kappa shape index (κ2) is 21.3. The van der Waals surface area contributed by atoms with Crippen molar-refractivity contribution in [2.75, 3.05) is 13.2 Å². The second-order valence-corrected chi connectivity index (χ2v) is 34.2. The van der Waals surface area contributed by atoms with Gasteiger partial charge in [0.25, 0.3) is 0 Å². The van der Waals surface area contributed by atoms with Gasteiger partial charge in [-0.15, -0.1) is 0 Å². The summed E-state index contributed by atoms with van der Waals surface area (Å²) < 4.78 is 19.1. The third-order valence-corrected chi connectivity index (χ3v) is 27.9. The first-order valence-corrected chi connectivity index (χ1v) is 34.9. The van der Waals surface area contributed by atoms with E-state index in [1.54, 1.807) is 26.0 Å². The fourth-order valence-corrected chi connectivity index (χ4v) is 24.8. The quantitative estimate of drug-likeness (QED) is 0.0397. The Bertz CT molecular complexity index is 2890. The van der Waals surface area contributed by atoms with Crippen LogP contribution in [-0.2, 0) is 38.2 Å². The smallest absolute Gasteiger partial charge is 0.306 e. The Morgan fingerprint density at radius 1 is 0.517 bits per heavy atom. The van der Waals surface area contributed by atoms with Crippen LogP contribution in [0, 0.1) is 105 Å². The lowest BCUT2D eigenvalue weighted by atomic mass is 9.49. The average molecular weight is 1200 g/mol. The van der Waals surface area contributed by atoms with Gasteiger partial charge < -0.3 is 39.7 Å². The summed E-state index contributed by atoms with van der Waals surface area (Å²) in [5.41, 5.74) is -6.26. The molecule has 13 heteroatoms. The van der Waals surface area contributed by atoms with Crippen LogP contribution in [0.25, 0.3) is 0 Å². The highest BCUT2D eigenvalue weighted by Gasteiger charge is 2.85. The first kappa shape index (κ1) is 62.3. The Morgan fingerprint density at radius 2 is 0.885 bits per heavy atom. The van der Waals surface area contributed by atoms with Crippen LogP contribution in [0.1, 0.15) is 229 Å². The molecule has 0 unspecified atom stereocenters. The molecule has 0 saturated heterocycles. The molecule has 8 bridgehead atoms. The van der Waals surface area contributed by atoms with Gasteiger partial charge in [0.15, 0.2) is 11.6 Å². The standard InChI is InChI=1S/C42H62O7.C32H44O6/c1-6-7-8-9-10-11-12-13-34(43)48-25-31-18-32-36-38(4,5)41(36,19-27(3)42(32,47)33-14-26(2)37(45)40(33,46)23-31)49-35(44)24-39-20-28-15-29(21-39)17-30(16-28)22-39;1-17-5-24-30(36,27(17)35)14-22(16-33)9-23-26-28(3,4)31(26,10-18(2)32(23,24)37)38-25(34)15-29-11-19-6-20(12-29)8-21(7-19)13-29/h14,18,27-30,32-33,36,46-47H,6-13,15-17,19-25H2,1-5H3;5,9,18-21,23-24,26,33,36-37H,6-8,10-16H2,1-4H3/t27-,28?,29?,30?,32+,33-,36-,39?,40-,41+,42-;18-,19?,20?,21?,23+,24-,26-,29?,30-,31+,32-/m11/s1. The topological polar surface area (TPSA) is 214 Å². The summed E-state index contributed by atoms with van der Waals surface area (Å²) in [5.74, 6) is -0.0961. The van der Waals surface area contributed by atoms with E-state index in [4.69, 9.17) is 14.2 Å². The van der Waals surface area contributed by atoms with Crippen LogP contribution in [0.4, 0.5) is 0 Å². The number of unbranched alkanes of at least 4 members (excludes halogenated alkanes) is 6. The first-order chi connectivity index (χ1) is 40.9. The zero-order valence-electron chi connectivity index (χ0n) is 54.2. The molecular formula is C74H106O13. The van der Waals surface area contributed by atoms with E-state index >= 15 is 0 Å². The largest absolute Gasteiger partial charge is 0.461 e. The van der Waals surface area contributed by atoms with Gasteiger partial charge in [-0.2, -0.15) is 0 Å². The summed E-state index contributed by atoms with van der Waals surface area (Å²) in [6.07, 6.45) is 32.5. The highest BCUT2D eigenvalue weighted by atomic mass is 16.6. The van der Waals surface area contributed by atoms with Crippen molar-refractivity contribution in [3.8, 4) is 0 Å². The summed E-state index contributed by atoms with van der Waals surface area (Å²) in [6.45, 7) is 17.8. The number of ketones is 2. The molecule has 12 saturated carbocycles. The average Bonchev–Trinajstić information content (AvgIpc) is 1.49. The Labute approximate surface area is 518 Å². The van der Waals surface area contributed by atoms with E-state index in [2.05, 4.69) is 34.6 Å². The summed E-state index contributed by atoms with van der Waals surface area (Å²) in [7, 11) is 0. The van der Waals surface area contributed by atoms with E-state index in [0.29, 0.717) is 54.4 Å². The maximum atomic E-state index is 14.0. The van der Waals surface area contributed by atoms with Crippen LogP contribution in [0.3, 0.4) is 0 Å². The molecule has 16 aliphatic rings. The minimum Gasteiger partial charge on any atom is -0.461 e. The van der Waals surface area contributed by atoms with Gasteiger partial charge in [-0.25, -0.2) is 0 Å². The lowest BCUT2D eigenvalue weighted by Crippen LogP contribution is -2.61. The van der Waals surface area contributed by atoms with Gasteiger partial charge in [0, 0.05) is 65.6 Å². The van der Waals surface area contributed by atoms with E-state index in [1.807, 2.05) is 26.0 Å². The van der Waals surface area contributed by atoms with Gasteiger partial charge in [-0.1, -0.05) is 111 Å². The molecule has 0 radical (unpaired) electrons. The summed E-state index contributed by atoms with van der Waals surface area (Å²) in [4.78, 5) is 67.3. The molecule has 0 aliphatic heterocycles. The molecule has 87 heavy (non-hydrogen) atoms. The number of aliphatic hydroxyl groups is 5. The van der Waals surface area contributed by atoms with Crippen LogP contribution in [0.5, 0.6) is 0 Å². The number of rotatable bonds is 17. The van der Waals surface area contributed by atoms with E-state index in [-0.39, 0.29) is 95.4 Å². The molecule has 0 amide bonds. The van der Waals surface area contributed by atoms with Crippen molar-refractivity contribution in [2.24, 2.45) is 105 Å². The number of hydrogen-bond acceptors (Lipinski definition) is 13. The predicted octanol–water partition coefficient (Wildman–Crippen LogP) is 11.9. The van der Waals surface area contributed by atoms with Gasteiger partial charge in [0.05, 0.1) is 30.7 Å². The molecule has 0 aromatic heterocycles. The van der Waals surface area contributed by atoms with Gasteiger partial charge in [-0.05, 0) is 191 Å². The molecule has 16 aliphatic carbocycles. The number of esters is 3. The molecule has 0 aromatic carbocycles. The van der Waals surface area contributed by atoms with Crippen molar-refractivity contribution < 1.29 is 63.7 Å². The third-order valence-electron chi connectivity index (χ3n) is 27.9. The van der Waals surface area contributed by atoms with Crippen molar-refractivity contribution in [1.82, 2.24) is 0 Å². The fraction of sp³-hybridized carbons (Fsp3) is 0.824. The number of hydrogen-bond donors (Lipinski definition) is 5. The molecule has 0 heterocycles. The minimum absolute atomic E-state index is 0.00648. The highest BCUT2D eigenvalue weighted by Crippen LogP contribution is 2.79. The van der Waals surface area contributed by atoms with E-state index < -0.39 is 62.7 Å². The number of ether oxygens (including phenoxy) is 3. The van der Waals surface area contributed by atoms with Gasteiger partial charge in [-0.3, -0.25) is 24.0 Å². The van der Waals surface area contributed by atoms with Crippen molar-refractivity contribution in [3.05, 3.63) is 46.6 Å². The molecule has 14 atom stereocenters. The summed E-state index contributed by atoms with van der Waals surface area (Å²) >= 11 is 0. The Morgan fingerprint density at radius 3 is 1.28 bits per heavy atom. The van der Waals surface area contributed by atoms with E-state index in [1.165, 1.54) is 64.2 Å². The zero-order chi connectivity index (χ0) is 62.0. The Balaban J connectivity index is 0.000000166. The van der Waals surface area contributed by atoms with Crippen molar-refractivity contribution in [3.63, 3.8) is 0 Å². The highest BCUT2D eigenvalue weighted by molar-refractivity contribution is 6.05. The van der Waals surface area contributed by atoms with Crippen molar-refractivity contribution in [1.29, 1.82) is 0 Å². The van der Waals surface area contributed by atoms with Crippen LogP contribution in [0.2, 0.25) is 0 Å². The Hall–Kier alpha value is -3.49. The molecule has 16 rings (SSSR count).